The van der Waals surface area contributed by atoms with E-state index in [1.54, 1.807) is 12.1 Å². The normalized spacial score (nSPS) is 11.9. The van der Waals surface area contributed by atoms with E-state index in [1.807, 2.05) is 25.1 Å². The Labute approximate surface area is 127 Å². The van der Waals surface area contributed by atoms with Gasteiger partial charge in [0.15, 0.2) is 0 Å². The van der Waals surface area contributed by atoms with Crippen molar-refractivity contribution in [3.8, 4) is 6.07 Å². The molecule has 1 aromatic heterocycles. The van der Waals surface area contributed by atoms with Crippen molar-refractivity contribution >= 4 is 16.7 Å². The molecule has 1 atom stereocenters. The molecule has 0 spiro atoms. The van der Waals surface area contributed by atoms with Crippen LogP contribution in [0.5, 0.6) is 0 Å². The number of benzene rings is 2. The van der Waals surface area contributed by atoms with E-state index in [1.165, 1.54) is 18.5 Å². The van der Waals surface area contributed by atoms with Crippen molar-refractivity contribution in [3.63, 3.8) is 0 Å². The minimum atomic E-state index is -0.329. The number of rotatable bonds is 3. The monoisotopic (exact) mass is 292 g/mol. The van der Waals surface area contributed by atoms with Crippen molar-refractivity contribution in [3.05, 3.63) is 65.7 Å². The predicted octanol–water partition coefficient (Wildman–Crippen LogP) is 3.81. The van der Waals surface area contributed by atoms with E-state index >= 15 is 0 Å². The Hall–Kier alpha value is -3.00. The molecule has 1 heterocycles. The van der Waals surface area contributed by atoms with Gasteiger partial charge in [0, 0.05) is 5.39 Å². The lowest BCUT2D eigenvalue weighted by molar-refractivity contribution is 0.629. The SMILES string of the molecule is CC(Nc1ncnc2ccc(F)cc12)c1cccc(C#N)c1. The molecular weight excluding hydrogens is 279 g/mol. The summed E-state index contributed by atoms with van der Waals surface area (Å²) in [5, 5.41) is 12.9. The first kappa shape index (κ1) is 14.0. The molecule has 5 heteroatoms. The van der Waals surface area contributed by atoms with Gasteiger partial charge in [0.2, 0.25) is 0 Å². The van der Waals surface area contributed by atoms with Gasteiger partial charge in [-0.25, -0.2) is 14.4 Å². The van der Waals surface area contributed by atoms with Crippen LogP contribution in [-0.2, 0) is 0 Å². The molecule has 3 aromatic rings. The minimum Gasteiger partial charge on any atom is -0.363 e. The molecule has 108 valence electrons. The maximum Gasteiger partial charge on any atom is 0.137 e. The van der Waals surface area contributed by atoms with Crippen molar-refractivity contribution in [2.24, 2.45) is 0 Å². The Morgan fingerprint density at radius 1 is 1.18 bits per heavy atom. The van der Waals surface area contributed by atoms with Crippen molar-refractivity contribution in [2.75, 3.05) is 5.32 Å². The van der Waals surface area contributed by atoms with E-state index in [-0.39, 0.29) is 11.9 Å². The lowest BCUT2D eigenvalue weighted by Gasteiger charge is -2.16. The van der Waals surface area contributed by atoms with Gasteiger partial charge in [-0.05, 0) is 42.8 Å². The average Bonchev–Trinajstić information content (AvgIpc) is 2.55. The molecule has 0 saturated carbocycles. The molecule has 0 amide bonds. The van der Waals surface area contributed by atoms with Gasteiger partial charge in [-0.1, -0.05) is 12.1 Å². The zero-order valence-corrected chi connectivity index (χ0v) is 11.9. The topological polar surface area (TPSA) is 61.6 Å². The number of hydrogen-bond acceptors (Lipinski definition) is 4. The highest BCUT2D eigenvalue weighted by Crippen LogP contribution is 2.24. The fraction of sp³-hybridized carbons (Fsp3) is 0.118. The van der Waals surface area contributed by atoms with Crippen molar-refractivity contribution in [1.82, 2.24) is 9.97 Å². The number of halogens is 1. The fourth-order valence-electron chi connectivity index (χ4n) is 2.31. The molecule has 0 aliphatic carbocycles. The van der Waals surface area contributed by atoms with E-state index in [0.29, 0.717) is 22.3 Å². The third-order valence-corrected chi connectivity index (χ3v) is 3.47. The molecule has 0 bridgehead atoms. The summed E-state index contributed by atoms with van der Waals surface area (Å²) in [6, 6.07) is 13.8. The van der Waals surface area contributed by atoms with Crippen molar-refractivity contribution in [2.45, 2.75) is 13.0 Å². The molecule has 2 aromatic carbocycles. The summed E-state index contributed by atoms with van der Waals surface area (Å²) in [6.07, 6.45) is 1.45. The Balaban J connectivity index is 1.95. The molecule has 1 unspecified atom stereocenters. The van der Waals surface area contributed by atoms with Crippen LogP contribution < -0.4 is 5.32 Å². The number of hydrogen-bond donors (Lipinski definition) is 1. The Kier molecular flexibility index (Phi) is 3.67. The molecule has 3 rings (SSSR count). The third kappa shape index (κ3) is 2.72. The zero-order chi connectivity index (χ0) is 15.5. The average molecular weight is 292 g/mol. The quantitative estimate of drug-likeness (QED) is 0.797. The zero-order valence-electron chi connectivity index (χ0n) is 11.9. The minimum absolute atomic E-state index is 0.0744. The molecule has 1 N–H and O–H groups in total. The lowest BCUT2D eigenvalue weighted by Crippen LogP contribution is -2.09. The predicted molar refractivity (Wildman–Crippen MR) is 82.7 cm³/mol. The van der Waals surface area contributed by atoms with Crippen LogP contribution in [0.1, 0.15) is 24.1 Å². The van der Waals surface area contributed by atoms with Crippen molar-refractivity contribution < 1.29 is 4.39 Å². The number of fused-ring (bicyclic) bond motifs is 1. The van der Waals surface area contributed by atoms with Gasteiger partial charge in [0.25, 0.3) is 0 Å². The third-order valence-electron chi connectivity index (χ3n) is 3.47. The summed E-state index contributed by atoms with van der Waals surface area (Å²) in [5.41, 5.74) is 2.24. The van der Waals surface area contributed by atoms with Crippen LogP contribution >= 0.6 is 0 Å². The number of nitriles is 1. The van der Waals surface area contributed by atoms with Gasteiger partial charge in [0.05, 0.1) is 23.2 Å². The van der Waals surface area contributed by atoms with Crippen molar-refractivity contribution in [1.29, 1.82) is 5.26 Å². The number of anilines is 1. The Morgan fingerprint density at radius 2 is 2.05 bits per heavy atom. The first-order chi connectivity index (χ1) is 10.7. The van der Waals surface area contributed by atoms with Crippen LogP contribution in [0.25, 0.3) is 10.9 Å². The highest BCUT2D eigenvalue weighted by atomic mass is 19.1. The second kappa shape index (κ2) is 5.78. The van der Waals surface area contributed by atoms with E-state index in [9.17, 15) is 4.39 Å². The molecule has 0 saturated heterocycles. The second-order valence-corrected chi connectivity index (χ2v) is 4.99. The highest BCUT2D eigenvalue weighted by Gasteiger charge is 2.10. The molecule has 0 aliphatic heterocycles. The van der Waals surface area contributed by atoms with Gasteiger partial charge >= 0.3 is 0 Å². The number of nitrogens with zero attached hydrogens (tertiary/aromatic N) is 3. The Morgan fingerprint density at radius 3 is 2.86 bits per heavy atom. The smallest absolute Gasteiger partial charge is 0.137 e. The van der Waals surface area contributed by atoms with Crippen LogP contribution in [0.2, 0.25) is 0 Å². The molecule has 0 aliphatic rings. The highest BCUT2D eigenvalue weighted by molar-refractivity contribution is 5.88. The summed E-state index contributed by atoms with van der Waals surface area (Å²) in [4.78, 5) is 8.33. The molecule has 0 radical (unpaired) electrons. The van der Waals surface area contributed by atoms with Gasteiger partial charge in [-0.2, -0.15) is 5.26 Å². The Bertz CT molecular complexity index is 870. The maximum atomic E-state index is 13.5. The summed E-state index contributed by atoms with van der Waals surface area (Å²) in [5.74, 6) is 0.240. The number of aromatic nitrogens is 2. The van der Waals surface area contributed by atoms with E-state index in [4.69, 9.17) is 5.26 Å². The molecule has 22 heavy (non-hydrogen) atoms. The van der Waals surface area contributed by atoms with E-state index in [2.05, 4.69) is 21.4 Å². The van der Waals surface area contributed by atoms with Crippen LogP contribution in [0, 0.1) is 17.1 Å². The van der Waals surface area contributed by atoms with Crippen LogP contribution in [-0.4, -0.2) is 9.97 Å². The number of nitrogens with one attached hydrogen (secondary N) is 1. The molecule has 4 nitrogen and oxygen atoms in total. The van der Waals surface area contributed by atoms with Gasteiger partial charge in [-0.3, -0.25) is 0 Å². The largest absolute Gasteiger partial charge is 0.363 e. The van der Waals surface area contributed by atoms with Crippen LogP contribution in [0.4, 0.5) is 10.2 Å². The first-order valence-corrected chi connectivity index (χ1v) is 6.84. The molecular formula is C17H13FN4. The summed E-state index contributed by atoms with van der Waals surface area (Å²) < 4.78 is 13.5. The van der Waals surface area contributed by atoms with E-state index < -0.39 is 0 Å². The first-order valence-electron chi connectivity index (χ1n) is 6.84. The van der Waals surface area contributed by atoms with Crippen LogP contribution in [0.3, 0.4) is 0 Å². The second-order valence-electron chi connectivity index (χ2n) is 4.99. The fourth-order valence-corrected chi connectivity index (χ4v) is 2.31. The van der Waals surface area contributed by atoms with Gasteiger partial charge < -0.3 is 5.32 Å². The van der Waals surface area contributed by atoms with Gasteiger partial charge in [-0.15, -0.1) is 0 Å². The van der Waals surface area contributed by atoms with E-state index in [0.717, 1.165) is 5.56 Å². The van der Waals surface area contributed by atoms with Crippen LogP contribution in [0.15, 0.2) is 48.8 Å². The summed E-state index contributed by atoms with van der Waals surface area (Å²) in [6.45, 7) is 1.96. The summed E-state index contributed by atoms with van der Waals surface area (Å²) >= 11 is 0. The lowest BCUT2D eigenvalue weighted by atomic mass is 10.1. The molecule has 0 fully saturated rings. The van der Waals surface area contributed by atoms with Gasteiger partial charge in [0.1, 0.15) is 18.0 Å². The summed E-state index contributed by atoms with van der Waals surface area (Å²) in [7, 11) is 0. The maximum absolute atomic E-state index is 13.5. The standard InChI is InChI=1S/C17H13FN4/c1-11(13-4-2-3-12(7-13)9-19)22-17-15-8-14(18)5-6-16(15)20-10-21-17/h2-8,10-11H,1H3,(H,20,21,22).